The van der Waals surface area contributed by atoms with Crippen molar-refractivity contribution >= 4 is 17.5 Å². The van der Waals surface area contributed by atoms with Gasteiger partial charge in [0.05, 0.1) is 17.9 Å². The Hall–Kier alpha value is -3.95. The number of amides is 2. The summed E-state index contributed by atoms with van der Waals surface area (Å²) in [7, 11) is 0. The number of halogens is 3. The molecule has 2 aromatic carbocycles. The minimum atomic E-state index is -1.72. The maximum atomic E-state index is 13.6. The lowest BCUT2D eigenvalue weighted by molar-refractivity contribution is -0.115. The van der Waals surface area contributed by atoms with Gasteiger partial charge in [-0.3, -0.25) is 14.4 Å². The van der Waals surface area contributed by atoms with Crippen LogP contribution in [0.4, 0.5) is 18.9 Å². The molecule has 148 valence electrons. The SMILES string of the molecule is O=C(CNC(=O)c1ccc(=O)n(-c2ccccc2)n1)Nc1ccc(F)c(F)c1F. The Kier molecular flexibility index (Phi) is 5.72. The fourth-order valence-electron chi connectivity index (χ4n) is 2.35. The zero-order chi connectivity index (χ0) is 21.0. The summed E-state index contributed by atoms with van der Waals surface area (Å²) in [6.07, 6.45) is 0. The van der Waals surface area contributed by atoms with Crippen LogP contribution in [0, 0.1) is 17.5 Å². The highest BCUT2D eigenvalue weighted by Gasteiger charge is 2.16. The first kappa shape index (κ1) is 19.8. The van der Waals surface area contributed by atoms with Crippen molar-refractivity contribution in [1.29, 1.82) is 0 Å². The minimum absolute atomic E-state index is 0.139. The molecule has 2 amide bonds. The molecule has 0 aliphatic heterocycles. The molecule has 0 unspecified atom stereocenters. The van der Waals surface area contributed by atoms with Crippen LogP contribution >= 0.6 is 0 Å². The number of nitrogens with zero attached hydrogens (tertiary/aromatic N) is 2. The molecule has 0 radical (unpaired) electrons. The van der Waals surface area contributed by atoms with Crippen LogP contribution in [0.5, 0.6) is 0 Å². The average Bonchev–Trinajstić information content (AvgIpc) is 2.73. The lowest BCUT2D eigenvalue weighted by Crippen LogP contribution is -2.34. The number of rotatable bonds is 5. The first-order valence-corrected chi connectivity index (χ1v) is 8.24. The van der Waals surface area contributed by atoms with Crippen LogP contribution in [0.1, 0.15) is 10.5 Å². The van der Waals surface area contributed by atoms with Gasteiger partial charge in [-0.05, 0) is 30.3 Å². The zero-order valence-electron chi connectivity index (χ0n) is 14.7. The van der Waals surface area contributed by atoms with Crippen molar-refractivity contribution in [3.8, 4) is 5.69 Å². The number of carbonyl (C=O) groups excluding carboxylic acids is 2. The predicted molar refractivity (Wildman–Crippen MR) is 97.1 cm³/mol. The molecule has 10 heteroatoms. The predicted octanol–water partition coefficient (Wildman–Crippen LogP) is 2.02. The van der Waals surface area contributed by atoms with E-state index in [1.165, 1.54) is 6.07 Å². The van der Waals surface area contributed by atoms with E-state index in [1.807, 2.05) is 5.32 Å². The van der Waals surface area contributed by atoms with Crippen molar-refractivity contribution in [2.24, 2.45) is 0 Å². The molecule has 0 saturated carbocycles. The van der Waals surface area contributed by atoms with Crippen molar-refractivity contribution in [1.82, 2.24) is 15.1 Å². The Morgan fingerprint density at radius 1 is 0.931 bits per heavy atom. The standard InChI is InChI=1S/C19H13F3N4O3/c20-12-6-7-13(18(22)17(12)21)24-15(27)10-23-19(29)14-8-9-16(28)26(25-14)11-4-2-1-3-5-11/h1-9H,10H2,(H,23,29)(H,24,27). The maximum absolute atomic E-state index is 13.6. The topological polar surface area (TPSA) is 93.1 Å². The lowest BCUT2D eigenvalue weighted by atomic mass is 10.2. The van der Waals surface area contributed by atoms with Gasteiger partial charge in [-0.1, -0.05) is 18.2 Å². The van der Waals surface area contributed by atoms with E-state index < -0.39 is 47.1 Å². The molecule has 0 atom stereocenters. The van der Waals surface area contributed by atoms with E-state index >= 15 is 0 Å². The molecule has 3 aromatic rings. The Balaban J connectivity index is 1.67. The molecule has 0 aliphatic rings. The van der Waals surface area contributed by atoms with Crippen molar-refractivity contribution in [2.45, 2.75) is 0 Å². The van der Waals surface area contributed by atoms with Gasteiger partial charge in [0.1, 0.15) is 5.69 Å². The van der Waals surface area contributed by atoms with E-state index in [1.54, 1.807) is 30.3 Å². The molecule has 2 N–H and O–H groups in total. The lowest BCUT2D eigenvalue weighted by Gasteiger charge is -2.09. The quantitative estimate of drug-likeness (QED) is 0.639. The van der Waals surface area contributed by atoms with Gasteiger partial charge in [0.2, 0.25) is 5.91 Å². The Bertz CT molecular complexity index is 1130. The molecule has 7 nitrogen and oxygen atoms in total. The van der Waals surface area contributed by atoms with Gasteiger partial charge >= 0.3 is 0 Å². The summed E-state index contributed by atoms with van der Waals surface area (Å²) in [6, 6.07) is 12.2. The summed E-state index contributed by atoms with van der Waals surface area (Å²) in [5, 5.41) is 8.21. The number of hydrogen-bond donors (Lipinski definition) is 2. The number of nitrogens with one attached hydrogen (secondary N) is 2. The molecule has 0 bridgehead atoms. The van der Waals surface area contributed by atoms with Gasteiger partial charge in [0.15, 0.2) is 17.5 Å². The van der Waals surface area contributed by atoms with Crippen LogP contribution < -0.4 is 16.2 Å². The highest BCUT2D eigenvalue weighted by atomic mass is 19.2. The largest absolute Gasteiger partial charge is 0.342 e. The van der Waals surface area contributed by atoms with Crippen molar-refractivity contribution < 1.29 is 22.8 Å². The van der Waals surface area contributed by atoms with E-state index in [0.717, 1.165) is 16.8 Å². The molecule has 3 rings (SSSR count). The molecule has 1 heterocycles. The second-order valence-corrected chi connectivity index (χ2v) is 5.76. The van der Waals surface area contributed by atoms with Gasteiger partial charge in [0.25, 0.3) is 11.5 Å². The molecule has 0 fully saturated rings. The minimum Gasteiger partial charge on any atom is -0.342 e. The number of aromatic nitrogens is 2. The molecular formula is C19H13F3N4O3. The molecule has 0 spiro atoms. The number of para-hydroxylation sites is 1. The summed E-state index contributed by atoms with van der Waals surface area (Å²) in [4.78, 5) is 36.0. The Labute approximate surface area is 161 Å². The molecular weight excluding hydrogens is 389 g/mol. The maximum Gasteiger partial charge on any atom is 0.272 e. The van der Waals surface area contributed by atoms with E-state index in [-0.39, 0.29) is 5.69 Å². The average molecular weight is 402 g/mol. The van der Waals surface area contributed by atoms with Gasteiger partial charge < -0.3 is 10.6 Å². The third-order valence-electron chi connectivity index (χ3n) is 3.75. The van der Waals surface area contributed by atoms with Crippen LogP contribution in [0.3, 0.4) is 0 Å². The Morgan fingerprint density at radius 3 is 2.38 bits per heavy atom. The van der Waals surface area contributed by atoms with Crippen LogP contribution in [-0.4, -0.2) is 28.1 Å². The summed E-state index contributed by atoms with van der Waals surface area (Å²) in [6.45, 7) is -0.594. The molecule has 1 aromatic heterocycles. The molecule has 0 saturated heterocycles. The third kappa shape index (κ3) is 4.49. The second-order valence-electron chi connectivity index (χ2n) is 5.76. The molecule has 29 heavy (non-hydrogen) atoms. The second kappa shape index (κ2) is 8.38. The van der Waals surface area contributed by atoms with Crippen molar-refractivity contribution in [2.75, 3.05) is 11.9 Å². The van der Waals surface area contributed by atoms with Gasteiger partial charge in [-0.25, -0.2) is 13.2 Å². The highest BCUT2D eigenvalue weighted by Crippen LogP contribution is 2.19. The van der Waals surface area contributed by atoms with Gasteiger partial charge in [-0.15, -0.1) is 0 Å². The highest BCUT2D eigenvalue weighted by molar-refractivity contribution is 5.98. The van der Waals surface area contributed by atoms with E-state index in [4.69, 9.17) is 0 Å². The number of anilines is 1. The summed E-state index contributed by atoms with van der Waals surface area (Å²) in [5.41, 5.74) is -0.725. The summed E-state index contributed by atoms with van der Waals surface area (Å²) in [5.74, 6) is -6.32. The van der Waals surface area contributed by atoms with E-state index in [9.17, 15) is 27.6 Å². The summed E-state index contributed by atoms with van der Waals surface area (Å²) < 4.78 is 40.7. The fraction of sp³-hybridized carbons (Fsp3) is 0.0526. The molecule has 0 aliphatic carbocycles. The first-order valence-electron chi connectivity index (χ1n) is 8.24. The normalized spacial score (nSPS) is 10.4. The number of benzene rings is 2. The van der Waals surface area contributed by atoms with E-state index in [0.29, 0.717) is 11.8 Å². The van der Waals surface area contributed by atoms with E-state index in [2.05, 4.69) is 10.4 Å². The van der Waals surface area contributed by atoms with Gasteiger partial charge in [-0.2, -0.15) is 9.78 Å². The van der Waals surface area contributed by atoms with Crippen LogP contribution in [0.2, 0.25) is 0 Å². The van der Waals surface area contributed by atoms with Crippen LogP contribution in [0.25, 0.3) is 5.69 Å². The zero-order valence-corrected chi connectivity index (χ0v) is 14.7. The third-order valence-corrected chi connectivity index (χ3v) is 3.75. The summed E-state index contributed by atoms with van der Waals surface area (Å²) >= 11 is 0. The van der Waals surface area contributed by atoms with Crippen molar-refractivity contribution in [3.63, 3.8) is 0 Å². The van der Waals surface area contributed by atoms with Crippen LogP contribution in [0.15, 0.2) is 59.4 Å². The first-order chi connectivity index (χ1) is 13.9. The number of carbonyl (C=O) groups is 2. The monoisotopic (exact) mass is 402 g/mol. The number of hydrogen-bond acceptors (Lipinski definition) is 4. The Morgan fingerprint density at radius 2 is 1.66 bits per heavy atom. The van der Waals surface area contributed by atoms with Crippen molar-refractivity contribution in [3.05, 3.63) is 88.1 Å². The smallest absolute Gasteiger partial charge is 0.272 e. The van der Waals surface area contributed by atoms with Crippen LogP contribution in [-0.2, 0) is 4.79 Å². The van der Waals surface area contributed by atoms with Gasteiger partial charge in [0, 0.05) is 6.07 Å². The fourth-order valence-corrected chi connectivity index (χ4v) is 2.35.